The Morgan fingerprint density at radius 2 is 2.17 bits per heavy atom. The highest BCUT2D eigenvalue weighted by Crippen LogP contribution is 2.25. The molecule has 0 aliphatic rings. The molecule has 0 heterocycles. The maximum absolute atomic E-state index is 10.9. The van der Waals surface area contributed by atoms with Crippen molar-refractivity contribution >= 4 is 34.0 Å². The van der Waals surface area contributed by atoms with Crippen LogP contribution in [0.1, 0.15) is 0 Å². The summed E-state index contributed by atoms with van der Waals surface area (Å²) < 4.78 is 10.9. The first-order valence-electron chi connectivity index (χ1n) is 5.39. The van der Waals surface area contributed by atoms with E-state index >= 15 is 0 Å². The molecule has 0 aromatic heterocycles. The molecule has 0 spiro atoms. The van der Waals surface area contributed by atoms with Crippen LogP contribution in [0, 0.1) is 13.7 Å². The summed E-state index contributed by atoms with van der Waals surface area (Å²) in [5.74, 6) is 0. The molecule has 0 saturated heterocycles. The Balaban J connectivity index is 2.44. The number of anilines is 1. The Labute approximate surface area is 119 Å². The van der Waals surface area contributed by atoms with E-state index in [4.69, 9.17) is 9.47 Å². The third-order valence-corrected chi connectivity index (χ3v) is 2.82. The highest BCUT2D eigenvalue weighted by Gasteiger charge is 2.13. The maximum Gasteiger partial charge on any atom is 0.293 e. The molecule has 7 heteroatoms. The fraction of sp³-hybridized carbons (Fsp3) is 0.455. The summed E-state index contributed by atoms with van der Waals surface area (Å²) in [7, 11) is 1.61. The van der Waals surface area contributed by atoms with Gasteiger partial charge in [-0.3, -0.25) is 10.1 Å². The molecule has 100 valence electrons. The van der Waals surface area contributed by atoms with Gasteiger partial charge in [0.2, 0.25) is 0 Å². The third-order valence-electron chi connectivity index (χ3n) is 2.15. The lowest BCUT2D eigenvalue weighted by atomic mass is 10.2. The van der Waals surface area contributed by atoms with E-state index in [0.29, 0.717) is 32.1 Å². The van der Waals surface area contributed by atoms with Crippen molar-refractivity contribution in [2.45, 2.75) is 0 Å². The van der Waals surface area contributed by atoms with Gasteiger partial charge in [-0.05, 0) is 34.7 Å². The lowest BCUT2D eigenvalue weighted by Crippen LogP contribution is -2.12. The Bertz CT molecular complexity index is 401. The van der Waals surface area contributed by atoms with Crippen molar-refractivity contribution in [1.82, 2.24) is 0 Å². The lowest BCUT2D eigenvalue weighted by Gasteiger charge is -2.08. The normalized spacial score (nSPS) is 10.3. The molecule has 0 radical (unpaired) electrons. The first-order chi connectivity index (χ1) is 8.65. The molecule has 0 atom stereocenters. The predicted molar refractivity (Wildman–Crippen MR) is 77.0 cm³/mol. The average molecular weight is 366 g/mol. The van der Waals surface area contributed by atoms with Gasteiger partial charge in [-0.25, -0.2) is 0 Å². The van der Waals surface area contributed by atoms with E-state index in [1.807, 2.05) is 28.7 Å². The molecule has 18 heavy (non-hydrogen) atoms. The van der Waals surface area contributed by atoms with Crippen molar-refractivity contribution in [3.05, 3.63) is 31.9 Å². The summed E-state index contributed by atoms with van der Waals surface area (Å²) in [6.45, 7) is 2.06. The van der Waals surface area contributed by atoms with Gasteiger partial charge >= 0.3 is 0 Å². The summed E-state index contributed by atoms with van der Waals surface area (Å²) in [4.78, 5) is 10.5. The van der Waals surface area contributed by atoms with Gasteiger partial charge in [-0.1, -0.05) is 0 Å². The number of nitrogens with one attached hydrogen (secondary N) is 1. The van der Waals surface area contributed by atoms with Gasteiger partial charge in [0.25, 0.3) is 5.69 Å². The van der Waals surface area contributed by atoms with E-state index in [1.165, 1.54) is 6.07 Å². The Morgan fingerprint density at radius 1 is 1.39 bits per heavy atom. The molecule has 1 aromatic carbocycles. The summed E-state index contributed by atoms with van der Waals surface area (Å²) >= 11 is 2.04. The number of nitro groups is 1. The SMILES string of the molecule is COCCOCCNc1ccc(I)cc1[N+](=O)[O-]. The zero-order chi connectivity index (χ0) is 13.4. The number of rotatable bonds is 8. The highest BCUT2D eigenvalue weighted by atomic mass is 127. The van der Waals surface area contributed by atoms with Crippen LogP contribution in [0.25, 0.3) is 0 Å². The number of methoxy groups -OCH3 is 1. The molecule has 0 unspecified atom stereocenters. The standard InChI is InChI=1S/C11H15IN2O4/c1-17-6-7-18-5-4-13-10-3-2-9(12)8-11(10)14(15)16/h2-3,8,13H,4-7H2,1H3. The van der Waals surface area contributed by atoms with Gasteiger partial charge in [0.05, 0.1) is 24.7 Å². The second kappa shape index (κ2) is 8.22. The second-order valence-electron chi connectivity index (χ2n) is 3.45. The summed E-state index contributed by atoms with van der Waals surface area (Å²) in [5, 5.41) is 13.9. The summed E-state index contributed by atoms with van der Waals surface area (Å²) in [6, 6.07) is 5.06. The number of nitrogens with zero attached hydrogens (tertiary/aromatic N) is 1. The quantitative estimate of drug-likeness (QED) is 0.331. The van der Waals surface area contributed by atoms with Crippen molar-refractivity contribution in [1.29, 1.82) is 0 Å². The van der Waals surface area contributed by atoms with Crippen LogP contribution in [0.5, 0.6) is 0 Å². The van der Waals surface area contributed by atoms with Gasteiger partial charge in [0.15, 0.2) is 0 Å². The zero-order valence-corrected chi connectivity index (χ0v) is 12.2. The molecule has 1 aromatic rings. The molecule has 0 amide bonds. The van der Waals surface area contributed by atoms with E-state index in [9.17, 15) is 10.1 Å². The van der Waals surface area contributed by atoms with Gasteiger partial charge < -0.3 is 14.8 Å². The Kier molecular flexibility index (Phi) is 6.91. The monoisotopic (exact) mass is 366 g/mol. The van der Waals surface area contributed by atoms with Crippen molar-refractivity contribution < 1.29 is 14.4 Å². The van der Waals surface area contributed by atoms with Gasteiger partial charge in [0.1, 0.15) is 5.69 Å². The highest BCUT2D eigenvalue weighted by molar-refractivity contribution is 14.1. The minimum Gasteiger partial charge on any atom is -0.382 e. The maximum atomic E-state index is 10.9. The van der Waals surface area contributed by atoms with Gasteiger partial charge in [-0.2, -0.15) is 0 Å². The van der Waals surface area contributed by atoms with Crippen LogP contribution in [-0.4, -0.2) is 38.4 Å². The summed E-state index contributed by atoms with van der Waals surface area (Å²) in [5.41, 5.74) is 0.592. The van der Waals surface area contributed by atoms with Crippen LogP contribution in [0.2, 0.25) is 0 Å². The van der Waals surface area contributed by atoms with Crippen LogP contribution in [-0.2, 0) is 9.47 Å². The fourth-order valence-corrected chi connectivity index (χ4v) is 1.78. The van der Waals surface area contributed by atoms with Crippen LogP contribution < -0.4 is 5.32 Å². The minimum absolute atomic E-state index is 0.0822. The topological polar surface area (TPSA) is 73.6 Å². The third kappa shape index (κ3) is 5.15. The first kappa shape index (κ1) is 15.1. The van der Waals surface area contributed by atoms with Crippen molar-refractivity contribution in [3.63, 3.8) is 0 Å². The van der Waals surface area contributed by atoms with Crippen molar-refractivity contribution in [2.24, 2.45) is 0 Å². The number of ether oxygens (including phenoxy) is 2. The largest absolute Gasteiger partial charge is 0.382 e. The van der Waals surface area contributed by atoms with E-state index in [1.54, 1.807) is 13.2 Å². The predicted octanol–water partition coefficient (Wildman–Crippen LogP) is 2.27. The molecule has 6 nitrogen and oxygen atoms in total. The molecule has 0 saturated carbocycles. The van der Waals surface area contributed by atoms with Crippen LogP contribution in [0.3, 0.4) is 0 Å². The first-order valence-corrected chi connectivity index (χ1v) is 6.47. The number of hydrogen-bond acceptors (Lipinski definition) is 5. The van der Waals surface area contributed by atoms with E-state index in [0.717, 1.165) is 3.57 Å². The summed E-state index contributed by atoms with van der Waals surface area (Å²) in [6.07, 6.45) is 0. The smallest absolute Gasteiger partial charge is 0.293 e. The van der Waals surface area contributed by atoms with Crippen LogP contribution in [0.4, 0.5) is 11.4 Å². The number of halogens is 1. The molecular weight excluding hydrogens is 351 g/mol. The van der Waals surface area contributed by atoms with E-state index in [2.05, 4.69) is 5.32 Å². The van der Waals surface area contributed by atoms with Gasteiger partial charge in [-0.15, -0.1) is 0 Å². The second-order valence-corrected chi connectivity index (χ2v) is 4.70. The minimum atomic E-state index is -0.393. The molecule has 1 N–H and O–H groups in total. The number of nitro benzene ring substituents is 1. The van der Waals surface area contributed by atoms with Crippen LogP contribution >= 0.6 is 22.6 Å². The van der Waals surface area contributed by atoms with Crippen molar-refractivity contribution in [3.8, 4) is 0 Å². The molecule has 0 aliphatic heterocycles. The van der Waals surface area contributed by atoms with Crippen molar-refractivity contribution in [2.75, 3.05) is 38.8 Å². The number of benzene rings is 1. The lowest BCUT2D eigenvalue weighted by molar-refractivity contribution is -0.384. The van der Waals surface area contributed by atoms with Crippen LogP contribution in [0.15, 0.2) is 18.2 Å². The zero-order valence-electron chi connectivity index (χ0n) is 10.0. The molecule has 0 aliphatic carbocycles. The van der Waals surface area contributed by atoms with E-state index in [-0.39, 0.29) is 5.69 Å². The van der Waals surface area contributed by atoms with Gasteiger partial charge in [0, 0.05) is 23.3 Å². The van der Waals surface area contributed by atoms with E-state index < -0.39 is 4.92 Å². The Hall–Kier alpha value is -0.930. The molecule has 0 fully saturated rings. The molecule has 0 bridgehead atoms. The fourth-order valence-electron chi connectivity index (χ4n) is 1.31. The number of hydrogen-bond donors (Lipinski definition) is 1. The molecule has 1 rings (SSSR count). The molecular formula is C11H15IN2O4. The Morgan fingerprint density at radius 3 is 2.83 bits per heavy atom. The average Bonchev–Trinajstić information content (AvgIpc) is 2.35.